The summed E-state index contributed by atoms with van der Waals surface area (Å²) < 4.78 is 31.0. The van der Waals surface area contributed by atoms with Crippen molar-refractivity contribution in [3.05, 3.63) is 29.8 Å². The smallest absolute Gasteiger partial charge is 0.167 e. The molecule has 2 rings (SSSR count). The molecule has 1 aromatic carbocycles. The van der Waals surface area contributed by atoms with Gasteiger partial charge in [-0.3, -0.25) is 0 Å². The highest BCUT2D eigenvalue weighted by Gasteiger charge is 2.15. The zero-order valence-electron chi connectivity index (χ0n) is 8.71. The molecular formula is C11H14ClF2NO. The second-order valence-corrected chi connectivity index (χ2v) is 3.74. The van der Waals surface area contributed by atoms with Gasteiger partial charge >= 0.3 is 0 Å². The van der Waals surface area contributed by atoms with Crippen molar-refractivity contribution < 1.29 is 13.5 Å². The van der Waals surface area contributed by atoms with Crippen LogP contribution in [0.2, 0.25) is 0 Å². The van der Waals surface area contributed by atoms with Gasteiger partial charge in [0.2, 0.25) is 0 Å². The monoisotopic (exact) mass is 249 g/mol. The summed E-state index contributed by atoms with van der Waals surface area (Å²) in [6.45, 7) is 2.37. The van der Waals surface area contributed by atoms with Crippen molar-refractivity contribution in [1.82, 2.24) is 5.32 Å². The number of hydrogen-bond donors (Lipinski definition) is 1. The van der Waals surface area contributed by atoms with Gasteiger partial charge in [0.15, 0.2) is 11.6 Å². The molecular weight excluding hydrogens is 236 g/mol. The Labute approximate surface area is 99.4 Å². The van der Waals surface area contributed by atoms with Crippen LogP contribution in [0.4, 0.5) is 8.78 Å². The fourth-order valence-electron chi connectivity index (χ4n) is 1.66. The van der Waals surface area contributed by atoms with E-state index in [2.05, 4.69) is 5.32 Å². The van der Waals surface area contributed by atoms with Crippen LogP contribution >= 0.6 is 12.4 Å². The average molecular weight is 250 g/mol. The van der Waals surface area contributed by atoms with Crippen molar-refractivity contribution in [2.45, 2.75) is 6.42 Å². The van der Waals surface area contributed by atoms with Crippen molar-refractivity contribution in [1.29, 1.82) is 0 Å². The van der Waals surface area contributed by atoms with Gasteiger partial charge in [0.1, 0.15) is 5.82 Å². The first-order chi connectivity index (χ1) is 7.25. The molecule has 0 saturated carbocycles. The third-order valence-corrected chi connectivity index (χ3v) is 2.53. The Bertz CT molecular complexity index is 343. The molecule has 1 heterocycles. The lowest BCUT2D eigenvalue weighted by Gasteiger charge is -2.11. The number of nitrogens with one attached hydrogen (secondary N) is 1. The van der Waals surface area contributed by atoms with E-state index >= 15 is 0 Å². The van der Waals surface area contributed by atoms with Gasteiger partial charge in [-0.15, -0.1) is 12.4 Å². The molecule has 1 unspecified atom stereocenters. The van der Waals surface area contributed by atoms with E-state index in [9.17, 15) is 8.78 Å². The number of hydrogen-bond acceptors (Lipinski definition) is 2. The van der Waals surface area contributed by atoms with E-state index in [1.165, 1.54) is 12.1 Å². The Morgan fingerprint density at radius 3 is 2.81 bits per heavy atom. The number of ether oxygens (including phenoxy) is 1. The highest BCUT2D eigenvalue weighted by atomic mass is 35.5. The van der Waals surface area contributed by atoms with E-state index in [1.807, 2.05) is 0 Å². The van der Waals surface area contributed by atoms with Gasteiger partial charge in [0.05, 0.1) is 6.61 Å². The molecule has 0 aliphatic carbocycles. The van der Waals surface area contributed by atoms with E-state index in [0.29, 0.717) is 12.5 Å². The molecule has 0 spiro atoms. The van der Waals surface area contributed by atoms with Crippen LogP contribution in [0.3, 0.4) is 0 Å². The fraction of sp³-hybridized carbons (Fsp3) is 0.455. The molecule has 0 amide bonds. The number of benzene rings is 1. The van der Waals surface area contributed by atoms with E-state index in [-0.39, 0.29) is 18.2 Å². The van der Waals surface area contributed by atoms with Gasteiger partial charge in [0, 0.05) is 18.5 Å². The van der Waals surface area contributed by atoms with Crippen molar-refractivity contribution >= 4 is 12.4 Å². The first-order valence-electron chi connectivity index (χ1n) is 5.04. The minimum Gasteiger partial charge on any atom is -0.490 e. The van der Waals surface area contributed by atoms with Gasteiger partial charge < -0.3 is 10.1 Å². The van der Waals surface area contributed by atoms with Crippen LogP contribution in [-0.2, 0) is 0 Å². The minimum absolute atomic E-state index is 0. The molecule has 16 heavy (non-hydrogen) atoms. The highest BCUT2D eigenvalue weighted by molar-refractivity contribution is 5.85. The molecule has 1 N–H and O–H groups in total. The lowest BCUT2D eigenvalue weighted by molar-refractivity contribution is 0.249. The molecule has 90 valence electrons. The molecule has 0 bridgehead atoms. The summed E-state index contributed by atoms with van der Waals surface area (Å²) in [6, 6.07) is 3.36. The van der Waals surface area contributed by atoms with Crippen LogP contribution in [0, 0.1) is 17.6 Å². The van der Waals surface area contributed by atoms with Crippen LogP contribution < -0.4 is 10.1 Å². The van der Waals surface area contributed by atoms with Crippen molar-refractivity contribution in [3.63, 3.8) is 0 Å². The maximum absolute atomic E-state index is 13.1. The first-order valence-corrected chi connectivity index (χ1v) is 5.04. The molecule has 1 aliphatic heterocycles. The maximum Gasteiger partial charge on any atom is 0.167 e. The normalized spacial score (nSPS) is 19.2. The Kier molecular flexibility index (Phi) is 4.96. The maximum atomic E-state index is 13.1. The lowest BCUT2D eigenvalue weighted by atomic mass is 10.1. The Hall–Kier alpha value is -0.870. The summed E-state index contributed by atoms with van der Waals surface area (Å²) in [6.07, 6.45) is 1.04. The largest absolute Gasteiger partial charge is 0.490 e. The first kappa shape index (κ1) is 13.2. The van der Waals surface area contributed by atoms with Crippen molar-refractivity contribution in [2.24, 2.45) is 5.92 Å². The Morgan fingerprint density at radius 2 is 2.19 bits per heavy atom. The Balaban J connectivity index is 0.00000128. The summed E-state index contributed by atoms with van der Waals surface area (Å²) in [5.41, 5.74) is 0. The summed E-state index contributed by atoms with van der Waals surface area (Å²) >= 11 is 0. The molecule has 1 aliphatic rings. The second kappa shape index (κ2) is 6.01. The highest BCUT2D eigenvalue weighted by Crippen LogP contribution is 2.19. The zero-order chi connectivity index (χ0) is 10.7. The van der Waals surface area contributed by atoms with E-state index < -0.39 is 11.6 Å². The topological polar surface area (TPSA) is 21.3 Å². The Morgan fingerprint density at radius 1 is 1.38 bits per heavy atom. The molecule has 1 atom stereocenters. The predicted molar refractivity (Wildman–Crippen MR) is 60.1 cm³/mol. The van der Waals surface area contributed by atoms with E-state index in [0.717, 1.165) is 25.6 Å². The van der Waals surface area contributed by atoms with Crippen molar-refractivity contribution in [3.8, 4) is 5.75 Å². The summed E-state index contributed by atoms with van der Waals surface area (Å²) in [5.74, 6) is -0.666. The van der Waals surface area contributed by atoms with Gasteiger partial charge in [-0.1, -0.05) is 0 Å². The van der Waals surface area contributed by atoms with Gasteiger partial charge in [-0.25, -0.2) is 8.78 Å². The van der Waals surface area contributed by atoms with Crippen LogP contribution in [0.1, 0.15) is 6.42 Å². The van der Waals surface area contributed by atoms with Gasteiger partial charge in [-0.2, -0.15) is 0 Å². The molecule has 0 aromatic heterocycles. The van der Waals surface area contributed by atoms with Crippen LogP contribution in [0.15, 0.2) is 18.2 Å². The standard InChI is InChI=1S/C11H13F2NO.ClH/c12-9-1-2-11(10(13)5-9)15-7-8-3-4-14-6-8;/h1-2,5,8,14H,3-4,6-7H2;1H. The molecule has 1 saturated heterocycles. The third kappa shape index (κ3) is 3.32. The third-order valence-electron chi connectivity index (χ3n) is 2.53. The molecule has 1 fully saturated rings. The summed E-state index contributed by atoms with van der Waals surface area (Å²) in [5, 5.41) is 3.20. The van der Waals surface area contributed by atoms with Crippen molar-refractivity contribution in [2.75, 3.05) is 19.7 Å². The predicted octanol–water partition coefficient (Wildman–Crippen LogP) is 2.37. The quantitative estimate of drug-likeness (QED) is 0.888. The summed E-state index contributed by atoms with van der Waals surface area (Å²) in [4.78, 5) is 0. The SMILES string of the molecule is Cl.Fc1ccc(OCC2CCNC2)c(F)c1. The van der Waals surface area contributed by atoms with E-state index in [4.69, 9.17) is 4.74 Å². The average Bonchev–Trinajstić information content (AvgIpc) is 2.69. The van der Waals surface area contributed by atoms with E-state index in [1.54, 1.807) is 0 Å². The molecule has 5 heteroatoms. The molecule has 2 nitrogen and oxygen atoms in total. The van der Waals surface area contributed by atoms with Crippen LogP contribution in [0.25, 0.3) is 0 Å². The van der Waals surface area contributed by atoms with Crippen LogP contribution in [0.5, 0.6) is 5.75 Å². The van der Waals surface area contributed by atoms with Crippen LogP contribution in [-0.4, -0.2) is 19.7 Å². The van der Waals surface area contributed by atoms with Gasteiger partial charge in [0.25, 0.3) is 0 Å². The van der Waals surface area contributed by atoms with Gasteiger partial charge in [-0.05, 0) is 25.1 Å². The molecule has 0 radical (unpaired) electrons. The lowest BCUT2D eigenvalue weighted by Crippen LogP contribution is -2.15. The number of halogens is 3. The summed E-state index contributed by atoms with van der Waals surface area (Å²) in [7, 11) is 0. The zero-order valence-corrected chi connectivity index (χ0v) is 9.53. The second-order valence-electron chi connectivity index (χ2n) is 3.74. The fourth-order valence-corrected chi connectivity index (χ4v) is 1.66. The molecule has 1 aromatic rings. The number of rotatable bonds is 3. The minimum atomic E-state index is -0.638.